The molecule has 1 aliphatic rings. The third kappa shape index (κ3) is 3.65. The van der Waals surface area contributed by atoms with Crippen molar-refractivity contribution in [2.75, 3.05) is 6.54 Å². The number of aromatic nitrogens is 3. The highest BCUT2D eigenvalue weighted by molar-refractivity contribution is 6.00. The van der Waals surface area contributed by atoms with Crippen LogP contribution in [0.3, 0.4) is 0 Å². The molecule has 2 aromatic heterocycles. The van der Waals surface area contributed by atoms with E-state index in [0.717, 1.165) is 18.4 Å². The summed E-state index contributed by atoms with van der Waals surface area (Å²) in [6.07, 6.45) is 1.80. The zero-order chi connectivity index (χ0) is 22.9. The summed E-state index contributed by atoms with van der Waals surface area (Å²) >= 11 is 0. The first kappa shape index (κ1) is 20.9. The zero-order valence-electron chi connectivity index (χ0n) is 18.4. The van der Waals surface area contributed by atoms with Crippen molar-refractivity contribution in [2.45, 2.75) is 32.9 Å². The highest BCUT2D eigenvalue weighted by Gasteiger charge is 2.35. The van der Waals surface area contributed by atoms with E-state index in [-0.39, 0.29) is 30.3 Å². The maximum atomic E-state index is 13.4. The lowest BCUT2D eigenvalue weighted by molar-refractivity contribution is 0.0768. The minimum absolute atomic E-state index is 0.0522. The van der Waals surface area contributed by atoms with Crippen LogP contribution in [-0.2, 0) is 13.1 Å². The van der Waals surface area contributed by atoms with Crippen molar-refractivity contribution in [1.82, 2.24) is 19.1 Å². The van der Waals surface area contributed by atoms with Crippen LogP contribution in [-0.4, -0.2) is 37.3 Å². The first-order valence-corrected chi connectivity index (χ1v) is 11.2. The predicted molar refractivity (Wildman–Crippen MR) is 125 cm³/mol. The summed E-state index contributed by atoms with van der Waals surface area (Å²) in [5.41, 5.74) is 2.86. The number of hydrogen-bond acceptors (Lipinski definition) is 4. The number of benzene rings is 2. The highest BCUT2D eigenvalue weighted by atomic mass is 16.2. The molecule has 2 aromatic carbocycles. The van der Waals surface area contributed by atoms with E-state index in [0.29, 0.717) is 34.7 Å². The van der Waals surface area contributed by atoms with Gasteiger partial charge in [0.05, 0.1) is 24.3 Å². The van der Waals surface area contributed by atoms with Gasteiger partial charge in [0, 0.05) is 23.7 Å². The fraction of sp³-hybridized carbons (Fsp3) is 0.231. The van der Waals surface area contributed by atoms with E-state index in [1.54, 1.807) is 27.7 Å². The van der Waals surface area contributed by atoms with Crippen molar-refractivity contribution in [2.24, 2.45) is 0 Å². The van der Waals surface area contributed by atoms with Crippen LogP contribution >= 0.6 is 0 Å². The molecular weight excluding hydrogens is 416 g/mol. The molecule has 1 aliphatic heterocycles. The van der Waals surface area contributed by atoms with E-state index in [9.17, 15) is 14.4 Å². The normalized spacial score (nSPS) is 13.0. The Bertz CT molecular complexity index is 1400. The van der Waals surface area contributed by atoms with Crippen molar-refractivity contribution in [1.29, 1.82) is 0 Å². The van der Waals surface area contributed by atoms with Crippen molar-refractivity contribution in [3.05, 3.63) is 93.9 Å². The van der Waals surface area contributed by atoms with E-state index in [4.69, 9.17) is 0 Å². The molecule has 0 unspecified atom stereocenters. The molecule has 0 atom stereocenters. The molecule has 166 valence electrons. The Labute approximate surface area is 190 Å². The van der Waals surface area contributed by atoms with Crippen LogP contribution in [0.15, 0.2) is 71.5 Å². The van der Waals surface area contributed by atoms with Crippen LogP contribution in [0.1, 0.15) is 46.2 Å². The van der Waals surface area contributed by atoms with Crippen molar-refractivity contribution in [3.8, 4) is 11.3 Å². The van der Waals surface area contributed by atoms with Gasteiger partial charge >= 0.3 is 0 Å². The monoisotopic (exact) mass is 440 g/mol. The standard InChI is InChI=1S/C26H24N4O3/c1-2-3-14-28-16-20-24(26(28)33)29(17-22(31)19-12-8-5-9-13-19)23-15-21(27-30(23)25(20)32)18-10-6-4-7-11-18/h4-13,15H,2-3,14,16-17H2,1H3. The van der Waals surface area contributed by atoms with Gasteiger partial charge in [-0.3, -0.25) is 14.4 Å². The summed E-state index contributed by atoms with van der Waals surface area (Å²) in [5, 5.41) is 4.56. The zero-order valence-corrected chi connectivity index (χ0v) is 18.4. The maximum absolute atomic E-state index is 13.4. The Balaban J connectivity index is 1.68. The highest BCUT2D eigenvalue weighted by Crippen LogP contribution is 2.26. The second kappa shape index (κ2) is 8.50. The molecule has 0 N–H and O–H groups in total. The van der Waals surface area contributed by atoms with Gasteiger partial charge in [0.1, 0.15) is 11.3 Å². The second-order valence-corrected chi connectivity index (χ2v) is 8.25. The van der Waals surface area contributed by atoms with Crippen molar-refractivity contribution < 1.29 is 9.59 Å². The largest absolute Gasteiger partial charge is 0.333 e. The summed E-state index contributed by atoms with van der Waals surface area (Å²) in [6.45, 7) is 2.82. The third-order valence-electron chi connectivity index (χ3n) is 6.06. The lowest BCUT2D eigenvalue weighted by Crippen LogP contribution is -2.28. The number of carbonyl (C=O) groups is 2. The molecular formula is C26H24N4O3. The number of hydrogen-bond donors (Lipinski definition) is 0. The number of Topliss-reactive ketones (excluding diaryl/α,β-unsaturated/α-hetero) is 1. The van der Waals surface area contributed by atoms with Gasteiger partial charge in [0.25, 0.3) is 11.5 Å². The van der Waals surface area contributed by atoms with Gasteiger partial charge in [-0.15, -0.1) is 0 Å². The van der Waals surface area contributed by atoms with Crippen LogP contribution in [0.2, 0.25) is 0 Å². The molecule has 0 spiro atoms. The van der Waals surface area contributed by atoms with Crippen LogP contribution in [0.25, 0.3) is 16.9 Å². The molecule has 0 bridgehead atoms. The SMILES string of the molecule is CCCCN1Cc2c(n(CC(=O)c3ccccc3)c3cc(-c4ccccc4)nn3c2=O)C1=O. The number of carbonyl (C=O) groups excluding carboxylic acids is 2. The van der Waals surface area contributed by atoms with Crippen molar-refractivity contribution in [3.63, 3.8) is 0 Å². The first-order chi connectivity index (χ1) is 16.1. The average Bonchev–Trinajstić information content (AvgIpc) is 3.44. The van der Waals surface area contributed by atoms with Gasteiger partial charge in [-0.05, 0) is 6.42 Å². The molecule has 0 fully saturated rings. The number of amides is 1. The minimum Gasteiger partial charge on any atom is -0.333 e. The molecule has 0 aliphatic carbocycles. The Morgan fingerprint density at radius 1 is 1.00 bits per heavy atom. The number of unbranched alkanes of at least 4 members (excludes halogenated alkanes) is 1. The van der Waals surface area contributed by atoms with E-state index in [1.165, 1.54) is 4.52 Å². The molecule has 3 heterocycles. The smallest absolute Gasteiger partial charge is 0.280 e. The molecule has 33 heavy (non-hydrogen) atoms. The lowest BCUT2D eigenvalue weighted by atomic mass is 10.1. The average molecular weight is 441 g/mol. The Morgan fingerprint density at radius 3 is 2.39 bits per heavy atom. The van der Waals surface area contributed by atoms with E-state index < -0.39 is 0 Å². The van der Waals surface area contributed by atoms with E-state index in [1.807, 2.05) is 48.5 Å². The molecule has 0 radical (unpaired) electrons. The van der Waals surface area contributed by atoms with E-state index >= 15 is 0 Å². The summed E-state index contributed by atoms with van der Waals surface area (Å²) in [4.78, 5) is 41.5. The summed E-state index contributed by atoms with van der Waals surface area (Å²) in [7, 11) is 0. The molecule has 5 rings (SSSR count). The maximum Gasteiger partial charge on any atom is 0.280 e. The van der Waals surface area contributed by atoms with Crippen LogP contribution in [0.5, 0.6) is 0 Å². The number of rotatable bonds is 7. The molecule has 7 nitrogen and oxygen atoms in total. The third-order valence-corrected chi connectivity index (χ3v) is 6.06. The summed E-state index contributed by atoms with van der Waals surface area (Å²) in [5.74, 6) is -0.341. The Kier molecular flexibility index (Phi) is 5.38. The fourth-order valence-electron chi connectivity index (χ4n) is 4.32. The first-order valence-electron chi connectivity index (χ1n) is 11.2. The van der Waals surface area contributed by atoms with Crippen LogP contribution in [0, 0.1) is 0 Å². The summed E-state index contributed by atoms with van der Waals surface area (Å²) in [6, 6.07) is 20.3. The number of fused-ring (bicyclic) bond motifs is 2. The van der Waals surface area contributed by atoms with E-state index in [2.05, 4.69) is 12.0 Å². The van der Waals surface area contributed by atoms with Gasteiger partial charge in [0.2, 0.25) is 0 Å². The van der Waals surface area contributed by atoms with Gasteiger partial charge in [-0.2, -0.15) is 9.61 Å². The molecule has 1 amide bonds. The van der Waals surface area contributed by atoms with Gasteiger partial charge in [0.15, 0.2) is 5.78 Å². The Hall–Kier alpha value is -4.00. The van der Waals surface area contributed by atoms with Gasteiger partial charge in [-0.25, -0.2) is 0 Å². The van der Waals surface area contributed by atoms with Crippen molar-refractivity contribution >= 4 is 17.3 Å². The van der Waals surface area contributed by atoms with Gasteiger partial charge in [-0.1, -0.05) is 74.0 Å². The number of ketones is 1. The molecule has 4 aromatic rings. The topological polar surface area (TPSA) is 76.7 Å². The van der Waals surface area contributed by atoms with Crippen LogP contribution in [0.4, 0.5) is 0 Å². The minimum atomic E-state index is -0.307. The second-order valence-electron chi connectivity index (χ2n) is 8.25. The van der Waals surface area contributed by atoms with Crippen LogP contribution < -0.4 is 5.56 Å². The molecule has 7 heteroatoms. The quantitative estimate of drug-likeness (QED) is 0.410. The molecule has 0 saturated carbocycles. The predicted octanol–water partition coefficient (Wildman–Crippen LogP) is 3.80. The fourth-order valence-corrected chi connectivity index (χ4v) is 4.32. The lowest BCUT2D eigenvalue weighted by Gasteiger charge is -2.15. The van der Waals surface area contributed by atoms with Gasteiger partial charge < -0.3 is 9.47 Å². The summed E-state index contributed by atoms with van der Waals surface area (Å²) < 4.78 is 3.00. The Morgan fingerprint density at radius 2 is 1.70 bits per heavy atom. The molecule has 0 saturated heterocycles. The number of nitrogens with zero attached hydrogens (tertiary/aromatic N) is 4.